The second-order valence-electron chi connectivity index (χ2n) is 5.90. The van der Waals surface area contributed by atoms with Crippen LogP contribution in [0.25, 0.3) is 0 Å². The molecule has 0 radical (unpaired) electrons. The predicted molar refractivity (Wildman–Crippen MR) is 85.8 cm³/mol. The normalized spacial score (nSPS) is 14.0. The van der Waals surface area contributed by atoms with E-state index in [0.717, 1.165) is 12.1 Å². The first-order valence-electron chi connectivity index (χ1n) is 7.55. The number of nitrogens with two attached hydrogens (primary N) is 1. The van der Waals surface area contributed by atoms with Crippen LogP contribution >= 0.6 is 0 Å². The molecule has 1 rings (SSSR count). The molecule has 0 spiro atoms. The van der Waals surface area contributed by atoms with Crippen molar-refractivity contribution < 1.29 is 9.53 Å². The van der Waals surface area contributed by atoms with Crippen molar-refractivity contribution in [2.75, 3.05) is 26.8 Å². The molecule has 0 saturated carbocycles. The molecule has 0 aliphatic rings. The molecule has 2 atom stereocenters. The topological polar surface area (TPSA) is 55.6 Å². The van der Waals surface area contributed by atoms with Crippen LogP contribution in [0.3, 0.4) is 0 Å². The SMILES string of the molecule is COCCN(CC(C)C)C(=O)C(C)C(N)c1ccccc1. The monoisotopic (exact) mass is 292 g/mol. The highest BCUT2D eigenvalue weighted by atomic mass is 16.5. The number of nitrogens with zero attached hydrogens (tertiary/aromatic N) is 1. The van der Waals surface area contributed by atoms with Crippen molar-refractivity contribution in [1.29, 1.82) is 0 Å². The number of methoxy groups -OCH3 is 1. The zero-order chi connectivity index (χ0) is 15.8. The molecule has 0 aliphatic heterocycles. The number of carbonyl (C=O) groups excluding carboxylic acids is 1. The third kappa shape index (κ3) is 5.48. The number of amides is 1. The number of ether oxygens (including phenoxy) is 1. The average Bonchev–Trinajstić information content (AvgIpc) is 2.49. The van der Waals surface area contributed by atoms with Crippen molar-refractivity contribution in [1.82, 2.24) is 4.90 Å². The van der Waals surface area contributed by atoms with Gasteiger partial charge in [-0.15, -0.1) is 0 Å². The second-order valence-corrected chi connectivity index (χ2v) is 5.90. The van der Waals surface area contributed by atoms with Gasteiger partial charge in [-0.25, -0.2) is 0 Å². The zero-order valence-corrected chi connectivity index (χ0v) is 13.6. The fourth-order valence-corrected chi connectivity index (χ4v) is 2.34. The van der Waals surface area contributed by atoms with E-state index in [2.05, 4.69) is 13.8 Å². The third-order valence-corrected chi connectivity index (χ3v) is 3.58. The minimum absolute atomic E-state index is 0.0945. The van der Waals surface area contributed by atoms with Crippen molar-refractivity contribution >= 4 is 5.91 Å². The summed E-state index contributed by atoms with van der Waals surface area (Å²) in [6, 6.07) is 9.50. The predicted octanol–water partition coefficient (Wildman–Crippen LogP) is 2.45. The van der Waals surface area contributed by atoms with E-state index in [1.807, 2.05) is 42.2 Å². The van der Waals surface area contributed by atoms with Crippen molar-refractivity contribution in [3.05, 3.63) is 35.9 Å². The molecule has 21 heavy (non-hydrogen) atoms. The Labute approximate surface area is 128 Å². The van der Waals surface area contributed by atoms with Crippen molar-refractivity contribution in [2.45, 2.75) is 26.8 Å². The van der Waals surface area contributed by atoms with Crippen molar-refractivity contribution in [3.8, 4) is 0 Å². The fourth-order valence-electron chi connectivity index (χ4n) is 2.34. The smallest absolute Gasteiger partial charge is 0.227 e. The quantitative estimate of drug-likeness (QED) is 0.800. The Kier molecular flexibility index (Phi) is 7.40. The lowest BCUT2D eigenvalue weighted by atomic mass is 9.94. The van der Waals surface area contributed by atoms with Crippen LogP contribution in [0.5, 0.6) is 0 Å². The summed E-state index contributed by atoms with van der Waals surface area (Å²) in [4.78, 5) is 14.6. The molecule has 0 heterocycles. The molecule has 118 valence electrons. The Morgan fingerprint density at radius 3 is 2.38 bits per heavy atom. The number of hydrogen-bond acceptors (Lipinski definition) is 3. The maximum atomic E-state index is 12.7. The standard InChI is InChI=1S/C17H28N2O2/c1-13(2)12-19(10-11-21-4)17(20)14(3)16(18)15-8-6-5-7-9-15/h5-9,13-14,16H,10-12,18H2,1-4H3. The number of benzene rings is 1. The Morgan fingerprint density at radius 2 is 1.86 bits per heavy atom. The molecular formula is C17H28N2O2. The van der Waals surface area contributed by atoms with E-state index >= 15 is 0 Å². The van der Waals surface area contributed by atoms with Crippen LogP contribution in [-0.4, -0.2) is 37.6 Å². The van der Waals surface area contributed by atoms with E-state index in [1.54, 1.807) is 7.11 Å². The highest BCUT2D eigenvalue weighted by Crippen LogP contribution is 2.21. The van der Waals surface area contributed by atoms with Crippen LogP contribution in [-0.2, 0) is 9.53 Å². The van der Waals surface area contributed by atoms with Crippen LogP contribution in [0, 0.1) is 11.8 Å². The lowest BCUT2D eigenvalue weighted by molar-refractivity contribution is -0.136. The minimum atomic E-state index is -0.282. The molecule has 0 fully saturated rings. The summed E-state index contributed by atoms with van der Waals surface area (Å²) < 4.78 is 5.10. The van der Waals surface area contributed by atoms with Gasteiger partial charge in [0.05, 0.1) is 12.5 Å². The van der Waals surface area contributed by atoms with Crippen LogP contribution in [0.15, 0.2) is 30.3 Å². The maximum Gasteiger partial charge on any atom is 0.227 e. The van der Waals surface area contributed by atoms with Crippen molar-refractivity contribution in [3.63, 3.8) is 0 Å². The highest BCUT2D eigenvalue weighted by molar-refractivity contribution is 5.79. The van der Waals surface area contributed by atoms with E-state index in [9.17, 15) is 4.79 Å². The summed E-state index contributed by atoms with van der Waals surface area (Å²) in [5.41, 5.74) is 7.25. The van der Waals surface area contributed by atoms with Crippen LogP contribution in [0.1, 0.15) is 32.4 Å². The molecule has 1 aromatic carbocycles. The summed E-state index contributed by atoms with van der Waals surface area (Å²) in [5.74, 6) is 0.270. The van der Waals surface area contributed by atoms with Gasteiger partial charge in [0.2, 0.25) is 5.91 Å². The Morgan fingerprint density at radius 1 is 1.24 bits per heavy atom. The second kappa shape index (κ2) is 8.80. The van der Waals surface area contributed by atoms with E-state index in [-0.39, 0.29) is 17.9 Å². The first-order valence-corrected chi connectivity index (χ1v) is 7.55. The molecule has 0 saturated heterocycles. The molecule has 4 heteroatoms. The Bertz CT molecular complexity index is 420. The summed E-state index contributed by atoms with van der Waals surface area (Å²) in [5, 5.41) is 0. The lowest BCUT2D eigenvalue weighted by Gasteiger charge is -2.29. The molecular weight excluding hydrogens is 264 g/mol. The van der Waals surface area contributed by atoms with E-state index in [4.69, 9.17) is 10.5 Å². The van der Waals surface area contributed by atoms with Crippen LogP contribution < -0.4 is 5.73 Å². The molecule has 2 N–H and O–H groups in total. The van der Waals surface area contributed by atoms with E-state index < -0.39 is 0 Å². The van der Waals surface area contributed by atoms with Gasteiger partial charge in [0.15, 0.2) is 0 Å². The summed E-state index contributed by atoms with van der Waals surface area (Å²) in [6.07, 6.45) is 0. The third-order valence-electron chi connectivity index (χ3n) is 3.58. The van der Waals surface area contributed by atoms with Crippen molar-refractivity contribution in [2.24, 2.45) is 17.6 Å². The fraction of sp³-hybridized carbons (Fsp3) is 0.588. The molecule has 1 aromatic rings. The van der Waals surface area contributed by atoms with Gasteiger partial charge in [0.25, 0.3) is 0 Å². The van der Waals surface area contributed by atoms with Gasteiger partial charge in [-0.05, 0) is 11.5 Å². The van der Waals surface area contributed by atoms with E-state index in [0.29, 0.717) is 19.1 Å². The zero-order valence-electron chi connectivity index (χ0n) is 13.6. The number of rotatable bonds is 8. The maximum absolute atomic E-state index is 12.7. The molecule has 2 unspecified atom stereocenters. The van der Waals surface area contributed by atoms with E-state index in [1.165, 1.54) is 0 Å². The lowest BCUT2D eigenvalue weighted by Crippen LogP contribution is -2.42. The van der Waals surface area contributed by atoms with Gasteiger partial charge < -0.3 is 15.4 Å². The largest absolute Gasteiger partial charge is 0.383 e. The van der Waals surface area contributed by atoms with Gasteiger partial charge in [-0.3, -0.25) is 4.79 Å². The molecule has 1 amide bonds. The number of carbonyl (C=O) groups is 1. The van der Waals surface area contributed by atoms with Gasteiger partial charge in [-0.2, -0.15) is 0 Å². The first-order chi connectivity index (χ1) is 9.97. The van der Waals surface area contributed by atoms with Gasteiger partial charge in [0.1, 0.15) is 0 Å². The Hall–Kier alpha value is -1.39. The average molecular weight is 292 g/mol. The van der Waals surface area contributed by atoms with Crippen LogP contribution in [0.2, 0.25) is 0 Å². The molecule has 0 aromatic heterocycles. The Balaban J connectivity index is 2.76. The molecule has 0 aliphatic carbocycles. The minimum Gasteiger partial charge on any atom is -0.383 e. The van der Waals surface area contributed by atoms with Gasteiger partial charge in [0, 0.05) is 26.2 Å². The van der Waals surface area contributed by atoms with Crippen LogP contribution in [0.4, 0.5) is 0 Å². The van der Waals surface area contributed by atoms with Gasteiger partial charge in [-0.1, -0.05) is 51.1 Å². The summed E-state index contributed by atoms with van der Waals surface area (Å²) >= 11 is 0. The van der Waals surface area contributed by atoms with Gasteiger partial charge >= 0.3 is 0 Å². The summed E-state index contributed by atoms with van der Waals surface area (Å²) in [7, 11) is 1.65. The molecule has 4 nitrogen and oxygen atoms in total. The molecule has 0 bridgehead atoms. The number of hydrogen-bond donors (Lipinski definition) is 1. The first kappa shape index (κ1) is 17.7. The summed E-state index contributed by atoms with van der Waals surface area (Å²) in [6.45, 7) is 8.00. The highest BCUT2D eigenvalue weighted by Gasteiger charge is 2.26.